The molecule has 2 aliphatic rings. The van der Waals surface area contributed by atoms with Gasteiger partial charge in [-0.1, -0.05) is 19.9 Å². The number of ether oxygens (including phenoxy) is 3. The molecule has 2 aromatic carbocycles. The van der Waals surface area contributed by atoms with Crippen LogP contribution >= 0.6 is 0 Å². The van der Waals surface area contributed by atoms with Gasteiger partial charge in [0.25, 0.3) is 0 Å². The lowest BCUT2D eigenvalue weighted by molar-refractivity contribution is -0.137. The van der Waals surface area contributed by atoms with Crippen LogP contribution in [-0.2, 0) is 9.53 Å². The van der Waals surface area contributed by atoms with E-state index in [2.05, 4.69) is 35.8 Å². The molecule has 7 nitrogen and oxygen atoms in total. The van der Waals surface area contributed by atoms with Crippen molar-refractivity contribution in [3.8, 4) is 11.5 Å². The number of benzene rings is 2. The lowest BCUT2D eigenvalue weighted by Crippen LogP contribution is -2.38. The highest BCUT2D eigenvalue weighted by molar-refractivity contribution is 5.69. The van der Waals surface area contributed by atoms with Crippen molar-refractivity contribution in [1.29, 1.82) is 0 Å². The minimum atomic E-state index is -0.780. The quantitative estimate of drug-likeness (QED) is 0.543. The van der Waals surface area contributed by atoms with Gasteiger partial charge in [-0.2, -0.15) is 0 Å². The highest BCUT2D eigenvalue weighted by Crippen LogP contribution is 2.34. The minimum absolute atomic E-state index is 0.0547. The second kappa shape index (κ2) is 11.2. The van der Waals surface area contributed by atoms with Gasteiger partial charge < -0.3 is 29.1 Å². The molecule has 2 saturated heterocycles. The fraction of sp³-hybridized carbons (Fsp3) is 0.536. The van der Waals surface area contributed by atoms with Gasteiger partial charge >= 0.3 is 5.97 Å². The first kappa shape index (κ1) is 25.2. The van der Waals surface area contributed by atoms with Crippen molar-refractivity contribution < 1.29 is 24.1 Å². The Morgan fingerprint density at radius 1 is 1.03 bits per heavy atom. The molecule has 0 radical (unpaired) electrons. The predicted octanol–water partition coefficient (Wildman–Crippen LogP) is 4.93. The van der Waals surface area contributed by atoms with Crippen LogP contribution < -0.4 is 19.3 Å². The Kier molecular flexibility index (Phi) is 8.06. The second-order valence-corrected chi connectivity index (χ2v) is 9.88. The van der Waals surface area contributed by atoms with Crippen molar-refractivity contribution in [1.82, 2.24) is 0 Å². The molecule has 1 N–H and O–H groups in total. The Morgan fingerprint density at radius 3 is 2.31 bits per heavy atom. The first-order valence-corrected chi connectivity index (χ1v) is 12.6. The number of carbonyl (C=O) groups is 1. The molecular formula is C28H38N2O5. The van der Waals surface area contributed by atoms with Crippen LogP contribution in [0.1, 0.15) is 51.0 Å². The first-order valence-electron chi connectivity index (χ1n) is 12.6. The summed E-state index contributed by atoms with van der Waals surface area (Å²) < 4.78 is 17.3. The van der Waals surface area contributed by atoms with Crippen LogP contribution in [0.4, 0.5) is 11.4 Å². The summed E-state index contributed by atoms with van der Waals surface area (Å²) in [6.45, 7) is 7.05. The Labute approximate surface area is 208 Å². The first-order chi connectivity index (χ1) is 16.9. The second-order valence-electron chi connectivity index (χ2n) is 9.88. The summed E-state index contributed by atoms with van der Waals surface area (Å²) in [6, 6.07) is 14.4. The zero-order valence-corrected chi connectivity index (χ0v) is 21.3. The Morgan fingerprint density at radius 2 is 1.71 bits per heavy atom. The summed E-state index contributed by atoms with van der Waals surface area (Å²) in [6.07, 6.45) is 2.99. The van der Waals surface area contributed by atoms with E-state index in [4.69, 9.17) is 14.2 Å². The Hall–Kier alpha value is -2.93. The predicted molar refractivity (Wildman–Crippen MR) is 138 cm³/mol. The number of nitrogens with zero attached hydrogens (tertiary/aromatic N) is 2. The highest BCUT2D eigenvalue weighted by atomic mass is 16.5. The number of piperidine rings is 1. The van der Waals surface area contributed by atoms with E-state index in [0.717, 1.165) is 49.5 Å². The molecule has 0 bridgehead atoms. The average molecular weight is 483 g/mol. The zero-order valence-electron chi connectivity index (χ0n) is 21.3. The average Bonchev–Trinajstić information content (AvgIpc) is 3.26. The number of aliphatic carboxylic acids is 1. The van der Waals surface area contributed by atoms with Gasteiger partial charge in [-0.25, -0.2) is 0 Å². The number of anilines is 2. The maximum atomic E-state index is 11.3. The summed E-state index contributed by atoms with van der Waals surface area (Å²) >= 11 is 0. The topological polar surface area (TPSA) is 71.5 Å². The highest BCUT2D eigenvalue weighted by Gasteiger charge is 2.33. The standard InChI is InChI=1S/C28H38N2O5/c1-19(2)26-10-9-24(33-3)17-27(26)29-13-11-23(12-14-29)35-22-7-5-20(6-8-22)30-18-25(34-4)15-21(30)16-28(31)32/h5-10,17,19,21,23,25H,11-16,18H2,1-4H3,(H,31,32)/t21-,25-/m1/s1. The van der Waals surface area contributed by atoms with Gasteiger partial charge in [-0.3, -0.25) is 4.79 Å². The molecule has 35 heavy (non-hydrogen) atoms. The molecule has 2 atom stereocenters. The largest absolute Gasteiger partial charge is 0.497 e. The van der Waals surface area contributed by atoms with Crippen molar-refractivity contribution in [2.45, 2.75) is 63.7 Å². The monoisotopic (exact) mass is 482 g/mol. The summed E-state index contributed by atoms with van der Waals surface area (Å²) in [5.74, 6) is 1.42. The molecule has 0 amide bonds. The molecule has 0 aromatic heterocycles. The molecule has 2 fully saturated rings. The molecule has 0 spiro atoms. The number of carboxylic acid groups (broad SMARTS) is 1. The minimum Gasteiger partial charge on any atom is -0.497 e. The number of carboxylic acids is 1. The lowest BCUT2D eigenvalue weighted by Gasteiger charge is -2.35. The number of hydrogen-bond donors (Lipinski definition) is 1. The molecule has 2 heterocycles. The van der Waals surface area contributed by atoms with Gasteiger partial charge in [-0.05, 0) is 48.2 Å². The van der Waals surface area contributed by atoms with Gasteiger partial charge in [-0.15, -0.1) is 0 Å². The lowest BCUT2D eigenvalue weighted by atomic mass is 9.98. The van der Waals surface area contributed by atoms with Gasteiger partial charge in [0, 0.05) is 63.1 Å². The number of rotatable bonds is 9. The van der Waals surface area contributed by atoms with E-state index < -0.39 is 5.97 Å². The van der Waals surface area contributed by atoms with E-state index in [9.17, 15) is 9.90 Å². The Bertz CT molecular complexity index is 985. The molecular weight excluding hydrogens is 444 g/mol. The molecule has 0 saturated carbocycles. The van der Waals surface area contributed by atoms with Crippen LogP contribution in [0.3, 0.4) is 0 Å². The third-order valence-electron chi connectivity index (χ3n) is 7.23. The van der Waals surface area contributed by atoms with E-state index >= 15 is 0 Å². The van der Waals surface area contributed by atoms with Crippen LogP contribution in [0.15, 0.2) is 42.5 Å². The molecule has 0 unspecified atom stereocenters. The SMILES string of the molecule is COc1ccc(C(C)C)c(N2CCC(Oc3ccc(N4C[C@H](OC)C[C@@H]4CC(=O)O)cc3)CC2)c1. The molecule has 190 valence electrons. The van der Waals surface area contributed by atoms with Crippen LogP contribution in [0.5, 0.6) is 11.5 Å². The van der Waals surface area contributed by atoms with Crippen molar-refractivity contribution in [3.63, 3.8) is 0 Å². The third kappa shape index (κ3) is 6.01. The molecule has 7 heteroatoms. The van der Waals surface area contributed by atoms with E-state index in [1.807, 2.05) is 30.3 Å². The number of hydrogen-bond acceptors (Lipinski definition) is 6. The smallest absolute Gasteiger partial charge is 0.305 e. The van der Waals surface area contributed by atoms with Gasteiger partial charge in [0.05, 0.1) is 19.6 Å². The summed E-state index contributed by atoms with van der Waals surface area (Å²) in [7, 11) is 3.40. The van der Waals surface area contributed by atoms with E-state index in [1.165, 1.54) is 11.3 Å². The third-order valence-corrected chi connectivity index (χ3v) is 7.23. The van der Waals surface area contributed by atoms with Gasteiger partial charge in [0.2, 0.25) is 0 Å². The summed E-state index contributed by atoms with van der Waals surface area (Å²) in [5, 5.41) is 9.29. The maximum absolute atomic E-state index is 11.3. The molecule has 2 aliphatic heterocycles. The molecule has 4 rings (SSSR count). The summed E-state index contributed by atoms with van der Waals surface area (Å²) in [5.41, 5.74) is 3.62. The fourth-order valence-corrected chi connectivity index (χ4v) is 5.29. The Balaban J connectivity index is 1.36. The van der Waals surface area contributed by atoms with Crippen molar-refractivity contribution in [2.75, 3.05) is 43.7 Å². The van der Waals surface area contributed by atoms with Crippen molar-refractivity contribution >= 4 is 17.3 Å². The summed E-state index contributed by atoms with van der Waals surface area (Å²) in [4.78, 5) is 15.9. The van der Waals surface area contributed by atoms with Gasteiger partial charge in [0.15, 0.2) is 0 Å². The molecule has 0 aliphatic carbocycles. The van der Waals surface area contributed by atoms with Crippen LogP contribution in [0.2, 0.25) is 0 Å². The van der Waals surface area contributed by atoms with E-state index in [-0.39, 0.29) is 24.7 Å². The molecule has 2 aromatic rings. The van der Waals surface area contributed by atoms with Gasteiger partial charge in [0.1, 0.15) is 17.6 Å². The van der Waals surface area contributed by atoms with Crippen molar-refractivity contribution in [3.05, 3.63) is 48.0 Å². The zero-order chi connectivity index (χ0) is 24.9. The van der Waals surface area contributed by atoms with Crippen LogP contribution in [0, 0.1) is 0 Å². The van der Waals surface area contributed by atoms with Crippen molar-refractivity contribution in [2.24, 2.45) is 0 Å². The number of methoxy groups -OCH3 is 2. The van der Waals surface area contributed by atoms with Crippen LogP contribution in [-0.4, -0.2) is 63.2 Å². The van der Waals surface area contributed by atoms with E-state index in [1.54, 1.807) is 14.2 Å². The van der Waals surface area contributed by atoms with Crippen LogP contribution in [0.25, 0.3) is 0 Å². The fourth-order valence-electron chi connectivity index (χ4n) is 5.29. The normalized spacial score (nSPS) is 20.9. The maximum Gasteiger partial charge on any atom is 0.305 e. The van der Waals surface area contributed by atoms with E-state index in [0.29, 0.717) is 12.5 Å².